The minimum Gasteiger partial charge on any atom is -0.382 e. The van der Waals surface area contributed by atoms with Crippen LogP contribution >= 0.6 is 0 Å². The lowest BCUT2D eigenvalue weighted by Gasteiger charge is -2.26. The van der Waals surface area contributed by atoms with Crippen LogP contribution in [0, 0.1) is 5.82 Å². The molecule has 1 spiro atoms. The van der Waals surface area contributed by atoms with E-state index in [2.05, 4.69) is 5.32 Å². The molecule has 0 radical (unpaired) electrons. The summed E-state index contributed by atoms with van der Waals surface area (Å²) in [6, 6.07) is 4.31. The lowest BCUT2D eigenvalue weighted by atomic mass is 10.3. The third-order valence-corrected chi connectivity index (χ3v) is 5.86. The van der Waals surface area contributed by atoms with Crippen molar-refractivity contribution in [1.82, 2.24) is 0 Å². The number of fused-ring (bicyclic) bond motifs is 1. The molecular weight excluding hydrogens is 217 g/mol. The number of hydrogen-bond acceptors (Lipinski definition) is 3. The average molecular weight is 227 g/mol. The van der Waals surface area contributed by atoms with E-state index in [-0.39, 0.29) is 4.90 Å². The molecule has 0 saturated heterocycles. The summed E-state index contributed by atoms with van der Waals surface area (Å²) in [6.07, 6.45) is 1.27. The summed E-state index contributed by atoms with van der Waals surface area (Å²) in [4.78, 5) is -0.145. The van der Waals surface area contributed by atoms with E-state index in [1.54, 1.807) is 6.07 Å². The Morgan fingerprint density at radius 1 is 1.33 bits per heavy atom. The fourth-order valence-electron chi connectivity index (χ4n) is 2.07. The van der Waals surface area contributed by atoms with Gasteiger partial charge in [-0.05, 0) is 25.0 Å². The molecule has 1 saturated carbocycles. The second-order valence-electron chi connectivity index (χ2n) is 4.16. The molecule has 1 aliphatic heterocycles. The van der Waals surface area contributed by atoms with E-state index in [1.807, 2.05) is 0 Å². The van der Waals surface area contributed by atoms with Gasteiger partial charge in [0.2, 0.25) is 0 Å². The Bertz CT molecular complexity index is 534. The molecule has 0 atom stereocenters. The normalized spacial score (nSPS) is 24.3. The SMILES string of the molecule is O=S1(=O)c2c(F)cccc2NCC12CC2. The summed E-state index contributed by atoms with van der Waals surface area (Å²) in [7, 11) is -3.48. The van der Waals surface area contributed by atoms with Crippen molar-refractivity contribution in [2.45, 2.75) is 22.5 Å². The van der Waals surface area contributed by atoms with Gasteiger partial charge < -0.3 is 5.32 Å². The van der Waals surface area contributed by atoms with Crippen molar-refractivity contribution >= 4 is 15.5 Å². The number of hydrogen-bond donors (Lipinski definition) is 1. The van der Waals surface area contributed by atoms with Crippen LogP contribution in [0.4, 0.5) is 10.1 Å². The van der Waals surface area contributed by atoms with Crippen molar-refractivity contribution in [2.24, 2.45) is 0 Å². The Morgan fingerprint density at radius 3 is 2.73 bits per heavy atom. The van der Waals surface area contributed by atoms with Crippen molar-refractivity contribution in [3.05, 3.63) is 24.0 Å². The molecule has 3 rings (SSSR count). The van der Waals surface area contributed by atoms with E-state index < -0.39 is 20.4 Å². The van der Waals surface area contributed by atoms with Gasteiger partial charge in [0, 0.05) is 6.54 Å². The van der Waals surface area contributed by atoms with Crippen LogP contribution < -0.4 is 5.32 Å². The predicted molar refractivity (Wildman–Crippen MR) is 54.0 cm³/mol. The quantitative estimate of drug-likeness (QED) is 0.731. The molecule has 80 valence electrons. The van der Waals surface area contributed by atoms with Crippen LogP contribution in [-0.2, 0) is 9.84 Å². The summed E-state index contributed by atoms with van der Waals surface area (Å²) in [6.45, 7) is 0.409. The van der Waals surface area contributed by atoms with Crippen molar-refractivity contribution in [2.75, 3.05) is 11.9 Å². The van der Waals surface area contributed by atoms with Crippen LogP contribution in [0.1, 0.15) is 12.8 Å². The molecule has 0 unspecified atom stereocenters. The zero-order chi connectivity index (χ0) is 10.7. The van der Waals surface area contributed by atoms with Crippen LogP contribution in [0.15, 0.2) is 23.1 Å². The second-order valence-corrected chi connectivity index (χ2v) is 6.44. The smallest absolute Gasteiger partial charge is 0.190 e. The molecule has 1 N–H and O–H groups in total. The first-order valence-electron chi connectivity index (χ1n) is 4.84. The van der Waals surface area contributed by atoms with Crippen LogP contribution in [0.25, 0.3) is 0 Å². The lowest BCUT2D eigenvalue weighted by Crippen LogP contribution is -2.37. The van der Waals surface area contributed by atoms with Crippen LogP contribution in [0.2, 0.25) is 0 Å². The highest BCUT2D eigenvalue weighted by Gasteiger charge is 2.58. The van der Waals surface area contributed by atoms with Gasteiger partial charge in [0.1, 0.15) is 10.7 Å². The molecule has 1 heterocycles. The molecule has 15 heavy (non-hydrogen) atoms. The van der Waals surface area contributed by atoms with E-state index in [9.17, 15) is 12.8 Å². The monoisotopic (exact) mass is 227 g/mol. The Hall–Kier alpha value is -1.10. The van der Waals surface area contributed by atoms with Gasteiger partial charge in [-0.1, -0.05) is 6.07 Å². The van der Waals surface area contributed by atoms with Crippen molar-refractivity contribution in [1.29, 1.82) is 0 Å². The van der Waals surface area contributed by atoms with Crippen LogP contribution in [-0.4, -0.2) is 19.7 Å². The number of benzene rings is 1. The highest BCUT2D eigenvalue weighted by atomic mass is 32.2. The molecule has 1 fully saturated rings. The third kappa shape index (κ3) is 1.01. The molecule has 1 aromatic rings. The molecule has 0 bridgehead atoms. The van der Waals surface area contributed by atoms with Gasteiger partial charge in [0.15, 0.2) is 9.84 Å². The second kappa shape index (κ2) is 2.52. The van der Waals surface area contributed by atoms with E-state index >= 15 is 0 Å². The lowest BCUT2D eigenvalue weighted by molar-refractivity contribution is 0.551. The number of halogens is 1. The first kappa shape index (κ1) is 9.15. The number of sulfone groups is 1. The summed E-state index contributed by atoms with van der Waals surface area (Å²) in [5.74, 6) is -0.647. The Labute approximate surface area is 87.2 Å². The first-order chi connectivity index (χ1) is 7.07. The first-order valence-corrected chi connectivity index (χ1v) is 6.32. The van der Waals surface area contributed by atoms with E-state index in [0.29, 0.717) is 25.1 Å². The minimum absolute atomic E-state index is 0.145. The summed E-state index contributed by atoms with van der Waals surface area (Å²) in [5.41, 5.74) is 0.396. The van der Waals surface area contributed by atoms with Crippen molar-refractivity contribution in [3.63, 3.8) is 0 Å². The van der Waals surface area contributed by atoms with Crippen molar-refractivity contribution in [3.8, 4) is 0 Å². The standard InChI is InChI=1S/C10H10FNO2S/c11-7-2-1-3-8-9(7)15(13,14)10(4-5-10)6-12-8/h1-3,12H,4-6H2. The highest BCUT2D eigenvalue weighted by molar-refractivity contribution is 7.93. The van der Waals surface area contributed by atoms with E-state index in [0.717, 1.165) is 0 Å². The highest BCUT2D eigenvalue weighted by Crippen LogP contribution is 2.51. The van der Waals surface area contributed by atoms with Crippen LogP contribution in [0.3, 0.4) is 0 Å². The van der Waals surface area contributed by atoms with Gasteiger partial charge in [-0.15, -0.1) is 0 Å². The summed E-state index contributed by atoms with van der Waals surface area (Å²) in [5, 5.41) is 2.99. The third-order valence-electron chi connectivity index (χ3n) is 3.21. The fourth-order valence-corrected chi connectivity index (χ4v) is 4.16. The average Bonchev–Trinajstić information content (AvgIpc) is 2.93. The van der Waals surface area contributed by atoms with Gasteiger partial charge in [0.25, 0.3) is 0 Å². The predicted octanol–water partition coefficient (Wildman–Crippen LogP) is 1.56. The molecule has 2 aliphatic rings. The topological polar surface area (TPSA) is 46.2 Å². The van der Waals surface area contributed by atoms with Gasteiger partial charge in [-0.25, -0.2) is 12.8 Å². The maximum Gasteiger partial charge on any atom is 0.190 e. The molecule has 1 aliphatic carbocycles. The number of nitrogens with one attached hydrogen (secondary N) is 1. The van der Waals surface area contributed by atoms with Gasteiger partial charge in [0.05, 0.1) is 10.4 Å². The Morgan fingerprint density at radius 2 is 2.07 bits per heavy atom. The molecule has 0 amide bonds. The van der Waals surface area contributed by atoms with Gasteiger partial charge in [-0.2, -0.15) is 0 Å². The minimum atomic E-state index is -3.48. The molecular formula is C10H10FNO2S. The van der Waals surface area contributed by atoms with E-state index in [4.69, 9.17) is 0 Å². The fraction of sp³-hybridized carbons (Fsp3) is 0.400. The maximum absolute atomic E-state index is 13.5. The molecule has 5 heteroatoms. The van der Waals surface area contributed by atoms with E-state index in [1.165, 1.54) is 12.1 Å². The Balaban J connectivity index is 2.32. The maximum atomic E-state index is 13.5. The Kier molecular flexibility index (Phi) is 1.54. The van der Waals surface area contributed by atoms with Crippen LogP contribution in [0.5, 0.6) is 0 Å². The van der Waals surface area contributed by atoms with Gasteiger partial charge >= 0.3 is 0 Å². The largest absolute Gasteiger partial charge is 0.382 e. The summed E-state index contributed by atoms with van der Waals surface area (Å²) >= 11 is 0. The zero-order valence-electron chi connectivity index (χ0n) is 7.96. The number of anilines is 1. The number of rotatable bonds is 0. The molecule has 0 aromatic heterocycles. The zero-order valence-corrected chi connectivity index (χ0v) is 8.77. The van der Waals surface area contributed by atoms with Gasteiger partial charge in [-0.3, -0.25) is 0 Å². The molecule has 1 aromatic carbocycles. The van der Waals surface area contributed by atoms with Crippen molar-refractivity contribution < 1.29 is 12.8 Å². The summed E-state index contributed by atoms with van der Waals surface area (Å²) < 4.78 is 37.1. The molecule has 3 nitrogen and oxygen atoms in total.